The SMILES string of the molecule is Nc1c(C(=O)c2ccccc2)sc2nc3c(c(-c4cccs4)c12)CCCCC3. The highest BCUT2D eigenvalue weighted by Crippen LogP contribution is 2.45. The fourth-order valence-corrected chi connectivity index (χ4v) is 5.96. The zero-order chi connectivity index (χ0) is 19.1. The molecule has 0 bridgehead atoms. The molecule has 5 rings (SSSR count). The van der Waals surface area contributed by atoms with Gasteiger partial charge in [-0.1, -0.05) is 42.8 Å². The highest BCUT2D eigenvalue weighted by atomic mass is 32.1. The summed E-state index contributed by atoms with van der Waals surface area (Å²) >= 11 is 3.17. The Hall–Kier alpha value is -2.50. The number of hydrogen-bond donors (Lipinski definition) is 1. The molecule has 3 nitrogen and oxygen atoms in total. The molecule has 0 aliphatic heterocycles. The van der Waals surface area contributed by atoms with Crippen molar-refractivity contribution in [2.45, 2.75) is 32.1 Å². The predicted octanol–water partition coefficient (Wildman–Crippen LogP) is 6.11. The molecule has 1 aliphatic carbocycles. The number of rotatable bonds is 3. The molecule has 0 atom stereocenters. The van der Waals surface area contributed by atoms with Gasteiger partial charge in [-0.05, 0) is 42.7 Å². The van der Waals surface area contributed by atoms with Crippen LogP contribution >= 0.6 is 22.7 Å². The normalized spacial score (nSPS) is 14.0. The minimum absolute atomic E-state index is 0.0200. The molecule has 0 spiro atoms. The number of nitrogens with zero attached hydrogens (tertiary/aromatic N) is 1. The number of pyridine rings is 1. The van der Waals surface area contributed by atoms with Gasteiger partial charge in [-0.2, -0.15) is 0 Å². The summed E-state index contributed by atoms with van der Waals surface area (Å²) in [4.78, 5) is 20.8. The van der Waals surface area contributed by atoms with E-state index < -0.39 is 0 Å². The smallest absolute Gasteiger partial charge is 0.205 e. The van der Waals surface area contributed by atoms with Crippen molar-refractivity contribution in [3.63, 3.8) is 0 Å². The average Bonchev–Trinajstić information content (AvgIpc) is 3.29. The predicted molar refractivity (Wildman–Crippen MR) is 118 cm³/mol. The second-order valence-corrected chi connectivity index (χ2v) is 9.12. The van der Waals surface area contributed by atoms with Crippen LogP contribution in [0, 0.1) is 0 Å². The van der Waals surface area contributed by atoms with E-state index in [1.807, 2.05) is 30.3 Å². The van der Waals surface area contributed by atoms with E-state index in [4.69, 9.17) is 10.7 Å². The molecule has 0 saturated carbocycles. The van der Waals surface area contributed by atoms with E-state index in [-0.39, 0.29) is 5.78 Å². The van der Waals surface area contributed by atoms with Gasteiger partial charge < -0.3 is 5.73 Å². The van der Waals surface area contributed by atoms with Crippen molar-refractivity contribution in [2.24, 2.45) is 0 Å². The Bertz CT molecular complexity index is 1160. The summed E-state index contributed by atoms with van der Waals surface area (Å²) < 4.78 is 0. The van der Waals surface area contributed by atoms with Crippen LogP contribution in [0.15, 0.2) is 47.8 Å². The van der Waals surface area contributed by atoms with Crippen LogP contribution in [0.2, 0.25) is 0 Å². The van der Waals surface area contributed by atoms with Crippen LogP contribution in [0.5, 0.6) is 0 Å². The minimum atomic E-state index is -0.0200. The van der Waals surface area contributed by atoms with E-state index in [0.717, 1.165) is 23.1 Å². The summed E-state index contributed by atoms with van der Waals surface area (Å²) in [5.74, 6) is -0.0200. The number of thiophene rings is 2. The summed E-state index contributed by atoms with van der Waals surface area (Å²) in [6.07, 6.45) is 5.62. The van der Waals surface area contributed by atoms with Crippen LogP contribution in [0.1, 0.15) is 45.8 Å². The molecule has 0 unspecified atom stereocenters. The summed E-state index contributed by atoms with van der Waals surface area (Å²) in [6.45, 7) is 0. The van der Waals surface area contributed by atoms with Gasteiger partial charge in [-0.3, -0.25) is 4.79 Å². The standard InChI is InChI=1S/C23H20N2OS2/c24-20-19-18(17-12-7-13-27-17)15-10-5-2-6-11-16(15)25-23(19)28-22(20)21(26)14-8-3-1-4-9-14/h1,3-4,7-9,12-13H,2,5-6,10-11,24H2. The Morgan fingerprint density at radius 2 is 1.82 bits per heavy atom. The van der Waals surface area contributed by atoms with Crippen LogP contribution < -0.4 is 5.73 Å². The molecule has 140 valence electrons. The quantitative estimate of drug-likeness (QED) is 0.331. The second kappa shape index (κ2) is 7.15. The first-order valence-electron chi connectivity index (χ1n) is 9.61. The molecule has 0 fully saturated rings. The van der Waals surface area contributed by atoms with E-state index in [0.29, 0.717) is 16.1 Å². The third kappa shape index (κ3) is 2.86. The lowest BCUT2D eigenvalue weighted by atomic mass is 9.96. The molecule has 0 radical (unpaired) electrons. The monoisotopic (exact) mass is 404 g/mol. The molecule has 3 heterocycles. The summed E-state index contributed by atoms with van der Waals surface area (Å²) in [5.41, 5.74) is 11.6. The maximum Gasteiger partial charge on any atom is 0.205 e. The molecule has 3 aromatic heterocycles. The number of benzene rings is 1. The Morgan fingerprint density at radius 1 is 1.00 bits per heavy atom. The molecule has 4 aromatic rings. The van der Waals surface area contributed by atoms with Gasteiger partial charge >= 0.3 is 0 Å². The van der Waals surface area contributed by atoms with Crippen molar-refractivity contribution in [1.82, 2.24) is 4.98 Å². The van der Waals surface area contributed by atoms with Crippen LogP contribution in [-0.2, 0) is 12.8 Å². The molecule has 28 heavy (non-hydrogen) atoms. The molecule has 2 N–H and O–H groups in total. The fourth-order valence-electron chi connectivity index (χ4n) is 4.07. The number of nitrogen functional groups attached to an aromatic ring is 1. The maximum atomic E-state index is 13.1. The lowest BCUT2D eigenvalue weighted by molar-refractivity contribution is 0.104. The number of aryl methyl sites for hydroxylation is 1. The Kier molecular flexibility index (Phi) is 4.49. The minimum Gasteiger partial charge on any atom is -0.397 e. The van der Waals surface area contributed by atoms with E-state index >= 15 is 0 Å². The fraction of sp³-hybridized carbons (Fsp3) is 0.217. The lowest BCUT2D eigenvalue weighted by Crippen LogP contribution is -2.02. The zero-order valence-corrected chi connectivity index (χ0v) is 17.0. The molecule has 5 heteroatoms. The van der Waals surface area contributed by atoms with E-state index in [1.165, 1.54) is 52.3 Å². The summed E-state index contributed by atoms with van der Waals surface area (Å²) in [7, 11) is 0. The van der Waals surface area contributed by atoms with Crippen molar-refractivity contribution in [1.29, 1.82) is 0 Å². The van der Waals surface area contributed by atoms with Crippen molar-refractivity contribution in [2.75, 3.05) is 5.73 Å². The highest BCUT2D eigenvalue weighted by molar-refractivity contribution is 7.21. The van der Waals surface area contributed by atoms with Gasteiger partial charge in [0.1, 0.15) is 9.71 Å². The number of ketones is 1. The van der Waals surface area contributed by atoms with Crippen molar-refractivity contribution >= 4 is 44.4 Å². The first-order chi connectivity index (χ1) is 13.7. The van der Waals surface area contributed by atoms with Gasteiger partial charge in [0.2, 0.25) is 5.78 Å². The highest BCUT2D eigenvalue weighted by Gasteiger charge is 2.26. The second-order valence-electron chi connectivity index (χ2n) is 7.17. The molecule has 1 aliphatic rings. The van der Waals surface area contributed by atoms with E-state index in [9.17, 15) is 4.79 Å². The summed E-state index contributed by atoms with van der Waals surface area (Å²) in [5, 5.41) is 3.07. The van der Waals surface area contributed by atoms with Crippen molar-refractivity contribution in [3.8, 4) is 10.4 Å². The number of carbonyl (C=O) groups excluding carboxylic acids is 1. The number of anilines is 1. The van der Waals surface area contributed by atoms with Crippen LogP contribution in [0.4, 0.5) is 5.69 Å². The zero-order valence-electron chi connectivity index (χ0n) is 15.4. The number of aromatic nitrogens is 1. The Labute approximate surface area is 171 Å². The number of hydrogen-bond acceptors (Lipinski definition) is 5. The summed E-state index contributed by atoms with van der Waals surface area (Å²) in [6, 6.07) is 13.6. The largest absolute Gasteiger partial charge is 0.397 e. The molecule has 0 saturated heterocycles. The van der Waals surface area contributed by atoms with Gasteiger partial charge in [0.25, 0.3) is 0 Å². The third-order valence-electron chi connectivity index (χ3n) is 5.41. The number of carbonyl (C=O) groups is 1. The molecular weight excluding hydrogens is 384 g/mol. The Balaban J connectivity index is 1.78. The van der Waals surface area contributed by atoms with Crippen LogP contribution in [-0.4, -0.2) is 10.8 Å². The lowest BCUT2D eigenvalue weighted by Gasteiger charge is -2.13. The van der Waals surface area contributed by atoms with Crippen molar-refractivity contribution < 1.29 is 4.79 Å². The average molecular weight is 405 g/mol. The van der Waals surface area contributed by atoms with E-state index in [2.05, 4.69) is 17.5 Å². The number of fused-ring (bicyclic) bond motifs is 2. The van der Waals surface area contributed by atoms with Gasteiger partial charge in [-0.25, -0.2) is 4.98 Å². The van der Waals surface area contributed by atoms with Crippen LogP contribution in [0.3, 0.4) is 0 Å². The topological polar surface area (TPSA) is 56.0 Å². The first-order valence-corrected chi connectivity index (χ1v) is 11.3. The van der Waals surface area contributed by atoms with Gasteiger partial charge in [-0.15, -0.1) is 22.7 Å². The van der Waals surface area contributed by atoms with Gasteiger partial charge in [0, 0.05) is 27.1 Å². The Morgan fingerprint density at radius 3 is 2.61 bits per heavy atom. The molecule has 1 aromatic carbocycles. The van der Waals surface area contributed by atoms with Gasteiger partial charge in [0.15, 0.2) is 0 Å². The number of nitrogens with two attached hydrogens (primary N) is 1. The van der Waals surface area contributed by atoms with E-state index in [1.54, 1.807) is 11.3 Å². The maximum absolute atomic E-state index is 13.1. The molecule has 0 amide bonds. The molecular formula is C23H20N2OS2. The van der Waals surface area contributed by atoms with Crippen LogP contribution in [0.25, 0.3) is 20.7 Å². The van der Waals surface area contributed by atoms with Crippen molar-refractivity contribution in [3.05, 3.63) is 69.5 Å². The third-order valence-corrected chi connectivity index (χ3v) is 7.40. The first kappa shape index (κ1) is 17.6. The van der Waals surface area contributed by atoms with Gasteiger partial charge in [0.05, 0.1) is 5.69 Å².